The van der Waals surface area contributed by atoms with Crippen molar-refractivity contribution in [3.63, 3.8) is 0 Å². The van der Waals surface area contributed by atoms with E-state index >= 15 is 0 Å². The van der Waals surface area contributed by atoms with E-state index in [1.54, 1.807) is 14.0 Å². The van der Waals surface area contributed by atoms with Crippen molar-refractivity contribution in [1.29, 1.82) is 0 Å². The van der Waals surface area contributed by atoms with Crippen LogP contribution in [-0.2, 0) is 6.42 Å². The molecule has 0 aliphatic rings. The molecule has 22 heavy (non-hydrogen) atoms. The van der Waals surface area contributed by atoms with E-state index in [2.05, 4.69) is 10.3 Å². The predicted molar refractivity (Wildman–Crippen MR) is 88.0 cm³/mol. The lowest BCUT2D eigenvalue weighted by atomic mass is 10.1. The van der Waals surface area contributed by atoms with Gasteiger partial charge in [-0.05, 0) is 25.0 Å². The summed E-state index contributed by atoms with van der Waals surface area (Å²) < 4.78 is 5.27. The Kier molecular flexibility index (Phi) is 5.63. The highest BCUT2D eigenvalue weighted by Crippen LogP contribution is 2.27. The van der Waals surface area contributed by atoms with Crippen LogP contribution in [0.2, 0.25) is 10.0 Å². The van der Waals surface area contributed by atoms with Crippen LogP contribution in [-0.4, -0.2) is 24.5 Å². The fraction of sp³-hybridized carbons (Fsp3) is 0.250. The Labute approximate surface area is 139 Å². The Morgan fingerprint density at radius 3 is 2.73 bits per heavy atom. The summed E-state index contributed by atoms with van der Waals surface area (Å²) in [5, 5.41) is 3.34. The molecule has 1 amide bonds. The van der Waals surface area contributed by atoms with Crippen molar-refractivity contribution in [2.24, 2.45) is 0 Å². The number of nitrogens with zero attached hydrogens (tertiary/aromatic N) is 1. The van der Waals surface area contributed by atoms with E-state index in [-0.39, 0.29) is 16.5 Å². The number of aryl methyl sites for hydroxylation is 1. The van der Waals surface area contributed by atoms with Gasteiger partial charge in [-0.3, -0.25) is 9.78 Å². The Morgan fingerprint density at radius 1 is 1.27 bits per heavy atom. The Morgan fingerprint density at radius 2 is 2.00 bits per heavy atom. The quantitative estimate of drug-likeness (QED) is 0.904. The molecular weight excluding hydrogens is 323 g/mol. The molecule has 1 heterocycles. The molecule has 0 aliphatic heterocycles. The normalized spacial score (nSPS) is 10.4. The molecule has 116 valence electrons. The first kappa shape index (κ1) is 16.6. The Bertz CT molecular complexity index is 690. The minimum atomic E-state index is -0.297. The summed E-state index contributed by atoms with van der Waals surface area (Å²) in [5.41, 5.74) is 1.89. The number of pyridine rings is 1. The van der Waals surface area contributed by atoms with Gasteiger partial charge in [0, 0.05) is 12.7 Å². The summed E-state index contributed by atoms with van der Waals surface area (Å²) in [6.45, 7) is 2.19. The van der Waals surface area contributed by atoms with Gasteiger partial charge in [0.25, 0.3) is 5.91 Å². The zero-order valence-corrected chi connectivity index (χ0v) is 13.8. The molecular formula is C16H16Cl2N2O2. The molecule has 0 saturated carbocycles. The monoisotopic (exact) mass is 338 g/mol. The molecule has 0 saturated heterocycles. The van der Waals surface area contributed by atoms with Crippen LogP contribution in [0.1, 0.15) is 21.6 Å². The highest BCUT2D eigenvalue weighted by Gasteiger charge is 2.15. The van der Waals surface area contributed by atoms with Crippen LogP contribution < -0.4 is 10.1 Å². The topological polar surface area (TPSA) is 51.2 Å². The van der Waals surface area contributed by atoms with Crippen LogP contribution in [0.3, 0.4) is 0 Å². The molecule has 0 spiro atoms. The van der Waals surface area contributed by atoms with Gasteiger partial charge >= 0.3 is 0 Å². The van der Waals surface area contributed by atoms with Gasteiger partial charge in [0.15, 0.2) is 0 Å². The number of carbonyl (C=O) groups excluding carboxylic acids is 1. The van der Waals surface area contributed by atoms with Crippen LogP contribution in [0.25, 0.3) is 0 Å². The second-order valence-electron chi connectivity index (χ2n) is 4.70. The van der Waals surface area contributed by atoms with Gasteiger partial charge in [0.05, 0.1) is 28.4 Å². The number of hydrogen-bond acceptors (Lipinski definition) is 3. The summed E-state index contributed by atoms with van der Waals surface area (Å²) in [7, 11) is 1.62. The molecule has 4 nitrogen and oxygen atoms in total. The van der Waals surface area contributed by atoms with Crippen LogP contribution >= 0.6 is 23.2 Å². The molecule has 0 bridgehead atoms. The molecule has 2 aromatic rings. The molecule has 0 atom stereocenters. The van der Waals surface area contributed by atoms with Gasteiger partial charge in [-0.15, -0.1) is 0 Å². The summed E-state index contributed by atoms with van der Waals surface area (Å²) in [4.78, 5) is 16.2. The first-order valence-electron chi connectivity index (χ1n) is 6.75. The highest BCUT2D eigenvalue weighted by molar-refractivity contribution is 6.44. The first-order valence-corrected chi connectivity index (χ1v) is 7.51. The highest BCUT2D eigenvalue weighted by atomic mass is 35.5. The molecule has 6 heteroatoms. The lowest BCUT2D eigenvalue weighted by Crippen LogP contribution is -2.26. The van der Waals surface area contributed by atoms with E-state index in [1.807, 2.05) is 24.3 Å². The number of carbonyl (C=O) groups is 1. The van der Waals surface area contributed by atoms with E-state index in [9.17, 15) is 4.79 Å². The van der Waals surface area contributed by atoms with E-state index in [0.29, 0.717) is 23.7 Å². The molecule has 2 rings (SSSR count). The molecule has 1 N–H and O–H groups in total. The van der Waals surface area contributed by atoms with Gasteiger partial charge in [0.2, 0.25) is 0 Å². The maximum absolute atomic E-state index is 12.1. The number of amides is 1. The molecule has 1 aromatic heterocycles. The van der Waals surface area contributed by atoms with E-state index in [1.165, 1.54) is 6.20 Å². The maximum Gasteiger partial charge on any atom is 0.254 e. The fourth-order valence-electron chi connectivity index (χ4n) is 2.03. The van der Waals surface area contributed by atoms with E-state index in [4.69, 9.17) is 27.9 Å². The zero-order chi connectivity index (χ0) is 16.1. The number of rotatable bonds is 5. The van der Waals surface area contributed by atoms with Crippen LogP contribution in [0.5, 0.6) is 5.75 Å². The smallest absolute Gasteiger partial charge is 0.254 e. The van der Waals surface area contributed by atoms with Crippen molar-refractivity contribution in [2.75, 3.05) is 13.7 Å². The number of ether oxygens (including phenoxy) is 1. The van der Waals surface area contributed by atoms with Gasteiger partial charge < -0.3 is 10.1 Å². The van der Waals surface area contributed by atoms with Crippen molar-refractivity contribution < 1.29 is 9.53 Å². The van der Waals surface area contributed by atoms with Gasteiger partial charge in [-0.25, -0.2) is 0 Å². The van der Waals surface area contributed by atoms with Crippen molar-refractivity contribution in [1.82, 2.24) is 10.3 Å². The number of para-hydroxylation sites is 1. The van der Waals surface area contributed by atoms with Crippen molar-refractivity contribution in [2.45, 2.75) is 13.3 Å². The average Bonchev–Trinajstić information content (AvgIpc) is 2.53. The summed E-state index contributed by atoms with van der Waals surface area (Å²) in [6, 6.07) is 7.68. The van der Waals surface area contributed by atoms with Crippen LogP contribution in [0.4, 0.5) is 0 Å². The SMILES string of the molecule is COc1ccccc1CCNC(=O)c1cnc(C)c(Cl)c1Cl. The molecule has 1 aromatic carbocycles. The second-order valence-corrected chi connectivity index (χ2v) is 5.46. The van der Waals surface area contributed by atoms with Crippen LogP contribution in [0, 0.1) is 6.92 Å². The first-order chi connectivity index (χ1) is 10.5. The summed E-state index contributed by atoms with van der Waals surface area (Å²) in [5.74, 6) is 0.504. The Balaban J connectivity index is 2.00. The van der Waals surface area contributed by atoms with Crippen LogP contribution in [0.15, 0.2) is 30.5 Å². The third kappa shape index (κ3) is 3.70. The second kappa shape index (κ2) is 7.47. The van der Waals surface area contributed by atoms with Gasteiger partial charge in [-0.2, -0.15) is 0 Å². The van der Waals surface area contributed by atoms with E-state index < -0.39 is 0 Å². The molecule has 0 unspecified atom stereocenters. The number of aromatic nitrogens is 1. The minimum absolute atomic E-state index is 0.226. The standard InChI is InChI=1S/C16H16Cl2N2O2/c1-10-14(17)15(18)12(9-20-10)16(21)19-8-7-11-5-3-4-6-13(11)22-2/h3-6,9H,7-8H2,1-2H3,(H,19,21). The lowest BCUT2D eigenvalue weighted by Gasteiger charge is -2.10. The average molecular weight is 339 g/mol. The summed E-state index contributed by atoms with van der Waals surface area (Å²) in [6.07, 6.45) is 2.09. The van der Waals surface area contributed by atoms with Crippen molar-refractivity contribution in [3.05, 3.63) is 57.3 Å². The van der Waals surface area contributed by atoms with Crippen molar-refractivity contribution >= 4 is 29.1 Å². The number of benzene rings is 1. The largest absolute Gasteiger partial charge is 0.496 e. The lowest BCUT2D eigenvalue weighted by molar-refractivity contribution is 0.0954. The third-order valence-corrected chi connectivity index (χ3v) is 4.20. The van der Waals surface area contributed by atoms with Crippen molar-refractivity contribution in [3.8, 4) is 5.75 Å². The number of hydrogen-bond donors (Lipinski definition) is 1. The number of nitrogens with one attached hydrogen (secondary N) is 1. The van der Waals surface area contributed by atoms with Gasteiger partial charge in [0.1, 0.15) is 5.75 Å². The Hall–Kier alpha value is -1.78. The molecule has 0 aliphatic carbocycles. The third-order valence-electron chi connectivity index (χ3n) is 3.25. The number of halogens is 2. The van der Waals surface area contributed by atoms with E-state index in [0.717, 1.165) is 11.3 Å². The fourth-order valence-corrected chi connectivity index (χ4v) is 2.45. The summed E-state index contributed by atoms with van der Waals surface area (Å²) >= 11 is 12.1. The predicted octanol–water partition coefficient (Wildman–Crippen LogP) is 3.68. The number of methoxy groups -OCH3 is 1. The molecule has 0 radical (unpaired) electrons. The maximum atomic E-state index is 12.1. The zero-order valence-electron chi connectivity index (χ0n) is 12.3. The minimum Gasteiger partial charge on any atom is -0.496 e. The van der Waals surface area contributed by atoms with Gasteiger partial charge in [-0.1, -0.05) is 41.4 Å². The molecule has 0 fully saturated rings.